The van der Waals surface area contributed by atoms with Crippen LogP contribution in [0.3, 0.4) is 0 Å². The van der Waals surface area contributed by atoms with Crippen molar-refractivity contribution in [2.45, 2.75) is 38.0 Å². The van der Waals surface area contributed by atoms with Crippen LogP contribution < -0.4 is 10.1 Å². The van der Waals surface area contributed by atoms with E-state index >= 15 is 0 Å². The number of hydrogen-bond donors (Lipinski definition) is 2. The van der Waals surface area contributed by atoms with Crippen LogP contribution in [0.5, 0.6) is 5.75 Å². The second-order valence-corrected chi connectivity index (χ2v) is 6.53. The van der Waals surface area contributed by atoms with Crippen LogP contribution in [0.25, 0.3) is 0 Å². The van der Waals surface area contributed by atoms with Crippen molar-refractivity contribution >= 4 is 5.91 Å². The predicted molar refractivity (Wildman–Crippen MR) is 93.2 cm³/mol. The quantitative estimate of drug-likeness (QED) is 0.795. The standard InChI is InChI=1S/C20H21F2NO3/c21-20(22)26-18-9-5-4-8-16(18)19(25)23-17(14-11-15(24)12-14)10-13-6-2-1-3-7-13/h1-9,14-15,17,20,24H,10-12H2,(H,23,25). The summed E-state index contributed by atoms with van der Waals surface area (Å²) in [7, 11) is 0. The zero-order valence-corrected chi connectivity index (χ0v) is 14.1. The summed E-state index contributed by atoms with van der Waals surface area (Å²) in [5.74, 6) is -0.451. The Labute approximate surface area is 150 Å². The Bertz CT molecular complexity index is 733. The SMILES string of the molecule is O=C(NC(Cc1ccccc1)C1CC(O)C1)c1ccccc1OC(F)F. The number of carbonyl (C=O) groups excluding carboxylic acids is 1. The average Bonchev–Trinajstić information content (AvgIpc) is 2.59. The molecule has 6 heteroatoms. The number of ether oxygens (including phenoxy) is 1. The average molecular weight is 361 g/mol. The summed E-state index contributed by atoms with van der Waals surface area (Å²) in [6.07, 6.45) is 1.51. The zero-order chi connectivity index (χ0) is 18.5. The van der Waals surface area contributed by atoms with Crippen LogP contribution in [0.1, 0.15) is 28.8 Å². The number of halogens is 2. The van der Waals surface area contributed by atoms with Gasteiger partial charge >= 0.3 is 6.61 Å². The molecule has 1 aliphatic carbocycles. The van der Waals surface area contributed by atoms with Gasteiger partial charge in [-0.1, -0.05) is 42.5 Å². The lowest BCUT2D eigenvalue weighted by atomic mass is 9.75. The summed E-state index contributed by atoms with van der Waals surface area (Å²) in [4.78, 5) is 12.7. The van der Waals surface area contributed by atoms with E-state index in [4.69, 9.17) is 0 Å². The first-order valence-electron chi connectivity index (χ1n) is 8.59. The van der Waals surface area contributed by atoms with E-state index in [0.717, 1.165) is 5.56 Å². The van der Waals surface area contributed by atoms with Gasteiger partial charge in [0.2, 0.25) is 0 Å². The molecule has 1 unspecified atom stereocenters. The molecule has 0 radical (unpaired) electrons. The van der Waals surface area contributed by atoms with Gasteiger partial charge in [-0.05, 0) is 42.9 Å². The molecule has 26 heavy (non-hydrogen) atoms. The number of aliphatic hydroxyl groups is 1. The zero-order valence-electron chi connectivity index (χ0n) is 14.1. The molecule has 1 aliphatic rings. The van der Waals surface area contributed by atoms with Crippen LogP contribution in [0.2, 0.25) is 0 Å². The van der Waals surface area contributed by atoms with Crippen LogP contribution in [0.4, 0.5) is 8.78 Å². The molecule has 138 valence electrons. The highest BCUT2D eigenvalue weighted by Gasteiger charge is 2.35. The Morgan fingerprint density at radius 1 is 1.12 bits per heavy atom. The van der Waals surface area contributed by atoms with E-state index in [2.05, 4.69) is 10.1 Å². The predicted octanol–water partition coefficient (Wildman–Crippen LogP) is 3.40. The molecule has 1 amide bonds. The van der Waals surface area contributed by atoms with E-state index < -0.39 is 12.5 Å². The minimum atomic E-state index is -2.99. The second kappa shape index (κ2) is 8.27. The normalized spacial score (nSPS) is 20.3. The van der Waals surface area contributed by atoms with Crippen molar-refractivity contribution in [2.24, 2.45) is 5.92 Å². The van der Waals surface area contributed by atoms with Gasteiger partial charge in [-0.25, -0.2) is 0 Å². The monoisotopic (exact) mass is 361 g/mol. The highest BCUT2D eigenvalue weighted by molar-refractivity contribution is 5.97. The molecule has 2 N–H and O–H groups in total. The van der Waals surface area contributed by atoms with E-state index in [0.29, 0.717) is 19.3 Å². The molecule has 0 heterocycles. The third kappa shape index (κ3) is 4.58. The van der Waals surface area contributed by atoms with Gasteiger partial charge in [0, 0.05) is 6.04 Å². The Morgan fingerprint density at radius 3 is 2.42 bits per heavy atom. The Balaban J connectivity index is 1.75. The van der Waals surface area contributed by atoms with E-state index in [1.54, 1.807) is 6.07 Å². The first-order chi connectivity index (χ1) is 12.5. The third-order valence-corrected chi connectivity index (χ3v) is 4.68. The molecule has 1 saturated carbocycles. The van der Waals surface area contributed by atoms with E-state index in [9.17, 15) is 18.7 Å². The topological polar surface area (TPSA) is 58.6 Å². The minimum absolute atomic E-state index is 0.0748. The van der Waals surface area contributed by atoms with Crippen molar-refractivity contribution < 1.29 is 23.4 Å². The van der Waals surface area contributed by atoms with Gasteiger partial charge in [-0.2, -0.15) is 8.78 Å². The minimum Gasteiger partial charge on any atom is -0.434 e. The lowest BCUT2D eigenvalue weighted by molar-refractivity contribution is -0.0502. The lowest BCUT2D eigenvalue weighted by Crippen LogP contribution is -2.48. The maximum atomic E-state index is 12.7. The number of nitrogens with one attached hydrogen (secondary N) is 1. The molecule has 0 saturated heterocycles. The fourth-order valence-electron chi connectivity index (χ4n) is 3.26. The van der Waals surface area contributed by atoms with Gasteiger partial charge in [0.1, 0.15) is 5.75 Å². The lowest BCUT2D eigenvalue weighted by Gasteiger charge is -2.38. The maximum absolute atomic E-state index is 12.7. The Morgan fingerprint density at radius 2 is 1.77 bits per heavy atom. The molecule has 1 atom stereocenters. The van der Waals surface area contributed by atoms with Gasteiger partial charge in [-0.15, -0.1) is 0 Å². The summed E-state index contributed by atoms with van der Waals surface area (Å²) in [6.45, 7) is -2.99. The molecule has 4 nitrogen and oxygen atoms in total. The number of hydrogen-bond acceptors (Lipinski definition) is 3. The second-order valence-electron chi connectivity index (χ2n) is 6.53. The molecule has 2 aromatic rings. The van der Waals surface area contributed by atoms with E-state index in [1.807, 2.05) is 30.3 Å². The first-order valence-corrected chi connectivity index (χ1v) is 8.59. The van der Waals surface area contributed by atoms with Gasteiger partial charge in [0.25, 0.3) is 5.91 Å². The molecule has 2 aromatic carbocycles. The van der Waals surface area contributed by atoms with Gasteiger partial charge in [0.15, 0.2) is 0 Å². The fourth-order valence-corrected chi connectivity index (χ4v) is 3.26. The van der Waals surface area contributed by atoms with Crippen molar-refractivity contribution in [2.75, 3.05) is 0 Å². The van der Waals surface area contributed by atoms with Crippen LogP contribution >= 0.6 is 0 Å². The van der Waals surface area contributed by atoms with Crippen molar-refractivity contribution in [1.82, 2.24) is 5.32 Å². The Hall–Kier alpha value is -2.47. The summed E-state index contributed by atoms with van der Waals surface area (Å²) < 4.78 is 29.6. The molecule has 0 aromatic heterocycles. The number of carbonyl (C=O) groups is 1. The van der Waals surface area contributed by atoms with Crippen LogP contribution in [0.15, 0.2) is 54.6 Å². The molecule has 0 bridgehead atoms. The number of alkyl halides is 2. The van der Waals surface area contributed by atoms with Crippen molar-refractivity contribution in [3.63, 3.8) is 0 Å². The highest BCUT2D eigenvalue weighted by atomic mass is 19.3. The summed E-state index contributed by atoms with van der Waals surface area (Å²) in [5.41, 5.74) is 1.14. The molecule has 0 aliphatic heterocycles. The number of benzene rings is 2. The van der Waals surface area contributed by atoms with Crippen molar-refractivity contribution in [1.29, 1.82) is 0 Å². The summed E-state index contributed by atoms with van der Waals surface area (Å²) >= 11 is 0. The van der Waals surface area contributed by atoms with E-state index in [-0.39, 0.29) is 29.4 Å². The molecular weight excluding hydrogens is 340 g/mol. The third-order valence-electron chi connectivity index (χ3n) is 4.68. The van der Waals surface area contributed by atoms with Crippen molar-refractivity contribution in [3.05, 3.63) is 65.7 Å². The van der Waals surface area contributed by atoms with Crippen LogP contribution in [-0.2, 0) is 6.42 Å². The smallest absolute Gasteiger partial charge is 0.387 e. The molecule has 1 fully saturated rings. The number of amides is 1. The molecule has 3 rings (SSSR count). The van der Waals surface area contributed by atoms with Crippen LogP contribution in [-0.4, -0.2) is 29.8 Å². The number of aliphatic hydroxyl groups excluding tert-OH is 1. The highest BCUT2D eigenvalue weighted by Crippen LogP contribution is 2.32. The summed E-state index contributed by atoms with van der Waals surface area (Å²) in [5, 5.41) is 12.6. The van der Waals surface area contributed by atoms with Gasteiger partial charge in [-0.3, -0.25) is 4.79 Å². The maximum Gasteiger partial charge on any atom is 0.387 e. The molecular formula is C20H21F2NO3. The largest absolute Gasteiger partial charge is 0.434 e. The Kier molecular flexibility index (Phi) is 5.83. The first kappa shape index (κ1) is 18.3. The summed E-state index contributed by atoms with van der Waals surface area (Å²) in [6, 6.07) is 15.5. The van der Waals surface area contributed by atoms with Crippen LogP contribution in [0, 0.1) is 5.92 Å². The van der Waals surface area contributed by atoms with Crippen molar-refractivity contribution in [3.8, 4) is 5.75 Å². The van der Waals surface area contributed by atoms with Gasteiger partial charge < -0.3 is 15.2 Å². The number of para-hydroxylation sites is 1. The molecule has 0 spiro atoms. The van der Waals surface area contributed by atoms with E-state index in [1.165, 1.54) is 18.2 Å². The fraction of sp³-hybridized carbons (Fsp3) is 0.350. The number of rotatable bonds is 7. The van der Waals surface area contributed by atoms with Gasteiger partial charge in [0.05, 0.1) is 11.7 Å².